The molecular weight excluding hydrogens is 272 g/mol. The molecule has 0 radical (unpaired) electrons. The Morgan fingerprint density at radius 1 is 1.65 bits per heavy atom. The summed E-state index contributed by atoms with van der Waals surface area (Å²) in [5, 5.41) is 14.1. The van der Waals surface area contributed by atoms with Gasteiger partial charge in [-0.2, -0.15) is 0 Å². The Balaban J connectivity index is 1.76. The van der Waals surface area contributed by atoms with Crippen LogP contribution in [0.15, 0.2) is 17.5 Å². The summed E-state index contributed by atoms with van der Waals surface area (Å²) in [5.74, 6) is 0.631. The maximum atomic E-state index is 12.1. The van der Waals surface area contributed by atoms with E-state index in [9.17, 15) is 4.79 Å². The van der Waals surface area contributed by atoms with Gasteiger partial charge < -0.3 is 10.4 Å². The number of hydrogen-bond acceptors (Lipinski definition) is 4. The number of nitrogens with one attached hydrogen (secondary N) is 1. The number of likely N-dealkylation sites (tertiary alicyclic amines) is 1. The van der Waals surface area contributed by atoms with E-state index in [1.54, 1.807) is 11.3 Å². The van der Waals surface area contributed by atoms with Crippen molar-refractivity contribution >= 4 is 17.2 Å². The molecule has 1 aliphatic heterocycles. The average Bonchev–Trinajstić information content (AvgIpc) is 2.93. The lowest BCUT2D eigenvalue weighted by Crippen LogP contribution is -2.43. The Labute approximate surface area is 124 Å². The molecule has 2 rings (SSSR count). The number of aliphatic hydroxyl groups excluding tert-OH is 1. The lowest BCUT2D eigenvalue weighted by atomic mass is 9.95. The van der Waals surface area contributed by atoms with Crippen LogP contribution in [0.25, 0.3) is 0 Å². The Bertz CT molecular complexity index is 406. The maximum absolute atomic E-state index is 12.1. The lowest BCUT2D eigenvalue weighted by molar-refractivity contribution is -0.123. The van der Waals surface area contributed by atoms with E-state index in [4.69, 9.17) is 5.11 Å². The number of nitrogens with zero attached hydrogens (tertiary/aromatic N) is 1. The second-order valence-corrected chi connectivity index (χ2v) is 6.54. The molecule has 1 saturated heterocycles. The van der Waals surface area contributed by atoms with Crippen molar-refractivity contribution in [2.24, 2.45) is 5.92 Å². The van der Waals surface area contributed by atoms with Crippen molar-refractivity contribution in [2.45, 2.75) is 32.2 Å². The molecule has 0 saturated carbocycles. The van der Waals surface area contributed by atoms with Crippen molar-refractivity contribution < 1.29 is 9.90 Å². The van der Waals surface area contributed by atoms with E-state index in [1.807, 2.05) is 24.4 Å². The standard InChI is InChI=1S/C15H24N2O2S/c1-12(14-5-3-9-20-14)16-15(19)11-17-7-2-4-13(10-17)6-8-18/h3,5,9,12-13,18H,2,4,6-8,10-11H2,1H3,(H,16,19). The summed E-state index contributed by atoms with van der Waals surface area (Å²) in [4.78, 5) is 15.5. The van der Waals surface area contributed by atoms with Gasteiger partial charge >= 0.3 is 0 Å². The zero-order valence-electron chi connectivity index (χ0n) is 12.0. The molecule has 1 fully saturated rings. The highest BCUT2D eigenvalue weighted by molar-refractivity contribution is 7.10. The SMILES string of the molecule is CC(NC(=O)CN1CCCC(CCO)C1)c1cccs1. The molecule has 2 atom stereocenters. The molecule has 1 aromatic rings. The fraction of sp³-hybridized carbons (Fsp3) is 0.667. The summed E-state index contributed by atoms with van der Waals surface area (Å²) in [6.45, 7) is 4.66. The van der Waals surface area contributed by atoms with Crippen molar-refractivity contribution in [3.05, 3.63) is 22.4 Å². The van der Waals surface area contributed by atoms with Gasteiger partial charge in [-0.3, -0.25) is 9.69 Å². The number of carbonyl (C=O) groups is 1. The topological polar surface area (TPSA) is 52.6 Å². The van der Waals surface area contributed by atoms with Gasteiger partial charge in [0.2, 0.25) is 5.91 Å². The van der Waals surface area contributed by atoms with E-state index < -0.39 is 0 Å². The van der Waals surface area contributed by atoms with Crippen LogP contribution in [0, 0.1) is 5.92 Å². The van der Waals surface area contributed by atoms with Crippen LogP contribution in [0.3, 0.4) is 0 Å². The van der Waals surface area contributed by atoms with Gasteiger partial charge in [0.1, 0.15) is 0 Å². The Morgan fingerprint density at radius 2 is 2.50 bits per heavy atom. The van der Waals surface area contributed by atoms with Crippen LogP contribution in [-0.2, 0) is 4.79 Å². The summed E-state index contributed by atoms with van der Waals surface area (Å²) in [6, 6.07) is 4.14. The Morgan fingerprint density at radius 3 is 3.20 bits per heavy atom. The van der Waals surface area contributed by atoms with E-state index >= 15 is 0 Å². The van der Waals surface area contributed by atoms with Crippen LogP contribution >= 0.6 is 11.3 Å². The highest BCUT2D eigenvalue weighted by atomic mass is 32.1. The van der Waals surface area contributed by atoms with Crippen LogP contribution in [0.4, 0.5) is 0 Å². The van der Waals surface area contributed by atoms with E-state index in [0.717, 1.165) is 25.9 Å². The van der Waals surface area contributed by atoms with Crippen LogP contribution in [0.5, 0.6) is 0 Å². The average molecular weight is 296 g/mol. The molecule has 20 heavy (non-hydrogen) atoms. The van der Waals surface area contributed by atoms with E-state index in [2.05, 4.69) is 10.2 Å². The summed E-state index contributed by atoms with van der Waals surface area (Å²) in [5.41, 5.74) is 0. The number of carbonyl (C=O) groups excluding carboxylic acids is 1. The lowest BCUT2D eigenvalue weighted by Gasteiger charge is -2.32. The maximum Gasteiger partial charge on any atom is 0.234 e. The molecule has 112 valence electrons. The first-order chi connectivity index (χ1) is 9.69. The number of rotatable bonds is 6. The summed E-state index contributed by atoms with van der Waals surface area (Å²) >= 11 is 1.67. The summed E-state index contributed by atoms with van der Waals surface area (Å²) in [6.07, 6.45) is 3.15. The van der Waals surface area contributed by atoms with Gasteiger partial charge in [-0.15, -0.1) is 11.3 Å². The van der Waals surface area contributed by atoms with Crippen LogP contribution < -0.4 is 5.32 Å². The normalized spacial score (nSPS) is 21.6. The highest BCUT2D eigenvalue weighted by Crippen LogP contribution is 2.20. The quantitative estimate of drug-likeness (QED) is 0.844. The second kappa shape index (κ2) is 7.76. The van der Waals surface area contributed by atoms with Gasteiger partial charge in [0.25, 0.3) is 0 Å². The van der Waals surface area contributed by atoms with Gasteiger partial charge in [0, 0.05) is 18.0 Å². The molecule has 2 unspecified atom stereocenters. The molecule has 0 bridgehead atoms. The molecule has 1 aromatic heterocycles. The van der Waals surface area contributed by atoms with Crippen molar-refractivity contribution in [3.8, 4) is 0 Å². The number of aliphatic hydroxyl groups is 1. The van der Waals surface area contributed by atoms with Gasteiger partial charge in [0.15, 0.2) is 0 Å². The monoisotopic (exact) mass is 296 g/mol. The largest absolute Gasteiger partial charge is 0.396 e. The zero-order valence-corrected chi connectivity index (χ0v) is 12.9. The van der Waals surface area contributed by atoms with Crippen molar-refractivity contribution in [3.63, 3.8) is 0 Å². The third-order valence-corrected chi connectivity index (χ3v) is 4.91. The Kier molecular flexibility index (Phi) is 6.01. The van der Waals surface area contributed by atoms with Gasteiger partial charge in [-0.1, -0.05) is 6.07 Å². The fourth-order valence-corrected chi connectivity index (χ4v) is 3.55. The minimum absolute atomic E-state index is 0.0838. The molecule has 1 aliphatic rings. The molecule has 2 heterocycles. The molecular formula is C15H24N2O2S. The minimum Gasteiger partial charge on any atom is -0.396 e. The molecule has 1 amide bonds. The third-order valence-electron chi connectivity index (χ3n) is 3.86. The van der Waals surface area contributed by atoms with E-state index in [0.29, 0.717) is 12.5 Å². The fourth-order valence-electron chi connectivity index (χ4n) is 2.81. The Hall–Kier alpha value is -0.910. The number of piperidine rings is 1. The number of thiophene rings is 1. The van der Waals surface area contributed by atoms with Gasteiger partial charge in [-0.05, 0) is 50.1 Å². The smallest absolute Gasteiger partial charge is 0.234 e. The first-order valence-electron chi connectivity index (χ1n) is 7.35. The van der Waals surface area contributed by atoms with Crippen LogP contribution in [-0.4, -0.2) is 42.2 Å². The molecule has 5 heteroatoms. The molecule has 0 spiro atoms. The predicted molar refractivity (Wildman–Crippen MR) is 81.7 cm³/mol. The van der Waals surface area contributed by atoms with Crippen LogP contribution in [0.2, 0.25) is 0 Å². The van der Waals surface area contributed by atoms with Gasteiger partial charge in [-0.25, -0.2) is 0 Å². The van der Waals surface area contributed by atoms with Gasteiger partial charge in [0.05, 0.1) is 12.6 Å². The van der Waals surface area contributed by atoms with Crippen molar-refractivity contribution in [1.29, 1.82) is 0 Å². The van der Waals surface area contributed by atoms with E-state index in [-0.39, 0.29) is 18.6 Å². The summed E-state index contributed by atoms with van der Waals surface area (Å²) in [7, 11) is 0. The second-order valence-electron chi connectivity index (χ2n) is 5.56. The molecule has 0 aromatic carbocycles. The van der Waals surface area contributed by atoms with Crippen molar-refractivity contribution in [2.75, 3.05) is 26.2 Å². The summed E-state index contributed by atoms with van der Waals surface area (Å²) < 4.78 is 0. The first-order valence-corrected chi connectivity index (χ1v) is 8.23. The highest BCUT2D eigenvalue weighted by Gasteiger charge is 2.21. The first kappa shape index (κ1) is 15.5. The molecule has 2 N–H and O–H groups in total. The predicted octanol–water partition coefficient (Wildman–Crippen LogP) is 2.02. The number of amides is 1. The third kappa shape index (κ3) is 4.58. The zero-order chi connectivity index (χ0) is 14.4. The van der Waals surface area contributed by atoms with Crippen LogP contribution in [0.1, 0.15) is 37.1 Å². The number of hydrogen-bond donors (Lipinski definition) is 2. The molecule has 4 nitrogen and oxygen atoms in total. The molecule has 0 aliphatic carbocycles. The minimum atomic E-state index is 0.0838. The van der Waals surface area contributed by atoms with Crippen molar-refractivity contribution in [1.82, 2.24) is 10.2 Å². The van der Waals surface area contributed by atoms with E-state index in [1.165, 1.54) is 11.3 Å².